The van der Waals surface area contributed by atoms with Gasteiger partial charge in [-0.05, 0) is 37.9 Å². The second kappa shape index (κ2) is 7.09. The van der Waals surface area contributed by atoms with E-state index in [4.69, 9.17) is 9.47 Å². The minimum atomic E-state index is -0.213. The molecule has 2 aliphatic heterocycles. The van der Waals surface area contributed by atoms with Crippen LogP contribution < -0.4 is 15.0 Å². The van der Waals surface area contributed by atoms with E-state index in [2.05, 4.69) is 10.2 Å². The second-order valence-corrected chi connectivity index (χ2v) is 5.66. The maximum absolute atomic E-state index is 13.7. The number of nitrogens with one attached hydrogen (secondary N) is 1. The lowest BCUT2D eigenvalue weighted by molar-refractivity contribution is 0.00760. The van der Waals surface area contributed by atoms with Crippen molar-refractivity contribution in [2.45, 2.75) is 25.4 Å². The Balaban J connectivity index is 1.78. The van der Waals surface area contributed by atoms with Crippen LogP contribution in [0, 0.1) is 5.82 Å². The third-order valence-electron chi connectivity index (χ3n) is 4.01. The van der Waals surface area contributed by atoms with Crippen molar-refractivity contribution < 1.29 is 13.9 Å². The summed E-state index contributed by atoms with van der Waals surface area (Å²) >= 11 is 0. The van der Waals surface area contributed by atoms with E-state index in [1.807, 2.05) is 0 Å². The predicted octanol–water partition coefficient (Wildman–Crippen LogP) is 2.18. The lowest BCUT2D eigenvalue weighted by Crippen LogP contribution is -2.31. The van der Waals surface area contributed by atoms with Gasteiger partial charge in [0.1, 0.15) is 17.7 Å². The fraction of sp³-hybridized carbons (Fsp3) is 0.625. The van der Waals surface area contributed by atoms with Gasteiger partial charge in [0.2, 0.25) is 0 Å². The number of benzene rings is 1. The molecule has 0 bridgehead atoms. The molecule has 2 fully saturated rings. The topological polar surface area (TPSA) is 33.7 Å². The number of halogens is 1. The molecule has 1 aromatic carbocycles. The molecule has 2 aliphatic rings. The molecule has 4 nitrogen and oxygen atoms in total. The molecule has 1 unspecified atom stereocenters. The number of ether oxygens (including phenoxy) is 2. The summed E-state index contributed by atoms with van der Waals surface area (Å²) in [7, 11) is 0. The van der Waals surface area contributed by atoms with Crippen LogP contribution in [0.2, 0.25) is 0 Å². The zero-order valence-electron chi connectivity index (χ0n) is 12.3. The molecule has 2 saturated heterocycles. The summed E-state index contributed by atoms with van der Waals surface area (Å²) in [6, 6.07) is 4.81. The van der Waals surface area contributed by atoms with Crippen molar-refractivity contribution in [1.29, 1.82) is 0 Å². The minimum absolute atomic E-state index is 0.0769. The Morgan fingerprint density at radius 2 is 2.19 bits per heavy atom. The number of hydrogen-bond acceptors (Lipinski definition) is 4. The standard InChI is InChI=1S/C16H23FN2O2/c17-13-4-5-16(21-14-3-1-10-20-12-14)15(11-13)19-8-2-6-18-7-9-19/h4-5,11,14,18H,1-3,6-10,12H2. The van der Waals surface area contributed by atoms with E-state index >= 15 is 0 Å². The lowest BCUT2D eigenvalue weighted by Gasteiger charge is -2.28. The lowest BCUT2D eigenvalue weighted by atomic mass is 10.1. The van der Waals surface area contributed by atoms with Gasteiger partial charge in [-0.3, -0.25) is 0 Å². The molecule has 21 heavy (non-hydrogen) atoms. The first-order valence-electron chi connectivity index (χ1n) is 7.82. The maximum Gasteiger partial charge on any atom is 0.143 e. The van der Waals surface area contributed by atoms with Crippen molar-refractivity contribution in [3.63, 3.8) is 0 Å². The van der Waals surface area contributed by atoms with E-state index in [9.17, 15) is 4.39 Å². The first-order valence-corrected chi connectivity index (χ1v) is 7.82. The average molecular weight is 294 g/mol. The second-order valence-electron chi connectivity index (χ2n) is 5.66. The molecule has 2 heterocycles. The van der Waals surface area contributed by atoms with Gasteiger partial charge in [-0.25, -0.2) is 4.39 Å². The molecule has 0 aliphatic carbocycles. The van der Waals surface area contributed by atoms with Gasteiger partial charge in [-0.15, -0.1) is 0 Å². The fourth-order valence-electron chi connectivity index (χ4n) is 2.91. The fourth-order valence-corrected chi connectivity index (χ4v) is 2.91. The Bertz CT molecular complexity index is 456. The molecule has 5 heteroatoms. The van der Waals surface area contributed by atoms with Crippen molar-refractivity contribution in [3.8, 4) is 5.75 Å². The molecular weight excluding hydrogens is 271 g/mol. The normalized spacial score (nSPS) is 23.7. The van der Waals surface area contributed by atoms with Gasteiger partial charge >= 0.3 is 0 Å². The molecule has 0 saturated carbocycles. The van der Waals surface area contributed by atoms with E-state index in [1.54, 1.807) is 12.1 Å². The third kappa shape index (κ3) is 3.86. The summed E-state index contributed by atoms with van der Waals surface area (Å²) in [5.74, 6) is 0.559. The molecule has 3 rings (SSSR count). The van der Waals surface area contributed by atoms with Crippen LogP contribution in [-0.2, 0) is 4.74 Å². The van der Waals surface area contributed by atoms with Crippen molar-refractivity contribution in [2.24, 2.45) is 0 Å². The molecular formula is C16H23FN2O2. The Labute approximate surface area is 125 Å². The Kier molecular flexibility index (Phi) is 4.93. The van der Waals surface area contributed by atoms with Crippen LogP contribution in [0.4, 0.5) is 10.1 Å². The zero-order chi connectivity index (χ0) is 14.5. The van der Waals surface area contributed by atoms with Crippen LogP contribution in [-0.4, -0.2) is 45.5 Å². The largest absolute Gasteiger partial charge is 0.486 e. The van der Waals surface area contributed by atoms with Crippen molar-refractivity contribution >= 4 is 5.69 Å². The SMILES string of the molecule is Fc1ccc(OC2CCCOC2)c(N2CCCNCC2)c1. The van der Waals surface area contributed by atoms with Gasteiger partial charge in [-0.1, -0.05) is 0 Å². The summed E-state index contributed by atoms with van der Waals surface area (Å²) in [5, 5.41) is 3.37. The molecule has 1 aromatic rings. The van der Waals surface area contributed by atoms with E-state index in [0.717, 1.165) is 63.5 Å². The van der Waals surface area contributed by atoms with E-state index < -0.39 is 0 Å². The number of rotatable bonds is 3. The van der Waals surface area contributed by atoms with Gasteiger partial charge in [0.05, 0.1) is 12.3 Å². The Hall–Kier alpha value is -1.33. The highest BCUT2D eigenvalue weighted by molar-refractivity contribution is 5.59. The van der Waals surface area contributed by atoms with Crippen LogP contribution in [0.1, 0.15) is 19.3 Å². The van der Waals surface area contributed by atoms with Gasteiger partial charge in [0.15, 0.2) is 0 Å². The molecule has 0 spiro atoms. The van der Waals surface area contributed by atoms with Crippen molar-refractivity contribution in [2.75, 3.05) is 44.3 Å². The first-order chi connectivity index (χ1) is 10.3. The highest BCUT2D eigenvalue weighted by atomic mass is 19.1. The number of hydrogen-bond donors (Lipinski definition) is 1. The van der Waals surface area contributed by atoms with Gasteiger partial charge in [0.25, 0.3) is 0 Å². The molecule has 1 N–H and O–H groups in total. The first kappa shape index (κ1) is 14.6. The van der Waals surface area contributed by atoms with Crippen LogP contribution in [0.25, 0.3) is 0 Å². The third-order valence-corrected chi connectivity index (χ3v) is 4.01. The zero-order valence-corrected chi connectivity index (χ0v) is 12.3. The number of nitrogens with zero attached hydrogens (tertiary/aromatic N) is 1. The highest BCUT2D eigenvalue weighted by Gasteiger charge is 2.20. The van der Waals surface area contributed by atoms with E-state index in [1.165, 1.54) is 6.07 Å². The molecule has 0 amide bonds. The highest BCUT2D eigenvalue weighted by Crippen LogP contribution is 2.31. The average Bonchev–Trinajstić information content (AvgIpc) is 2.79. The van der Waals surface area contributed by atoms with E-state index in [0.29, 0.717) is 6.61 Å². The van der Waals surface area contributed by atoms with Crippen LogP contribution in [0.15, 0.2) is 18.2 Å². The smallest absolute Gasteiger partial charge is 0.143 e. The van der Waals surface area contributed by atoms with Crippen molar-refractivity contribution in [3.05, 3.63) is 24.0 Å². The van der Waals surface area contributed by atoms with Crippen molar-refractivity contribution in [1.82, 2.24) is 5.32 Å². The van der Waals surface area contributed by atoms with Gasteiger partial charge < -0.3 is 19.7 Å². The monoisotopic (exact) mass is 294 g/mol. The predicted molar refractivity (Wildman–Crippen MR) is 80.6 cm³/mol. The Morgan fingerprint density at radius 3 is 3.05 bits per heavy atom. The molecule has 0 radical (unpaired) electrons. The van der Waals surface area contributed by atoms with Gasteiger partial charge in [0, 0.05) is 32.3 Å². The van der Waals surface area contributed by atoms with Crippen LogP contribution in [0.5, 0.6) is 5.75 Å². The summed E-state index contributed by atoms with van der Waals surface area (Å²) in [4.78, 5) is 2.21. The maximum atomic E-state index is 13.7. The summed E-state index contributed by atoms with van der Waals surface area (Å²) < 4.78 is 25.2. The summed E-state index contributed by atoms with van der Waals surface area (Å²) in [5.41, 5.74) is 0.865. The summed E-state index contributed by atoms with van der Waals surface area (Å²) in [6.45, 7) is 5.17. The van der Waals surface area contributed by atoms with E-state index in [-0.39, 0.29) is 11.9 Å². The minimum Gasteiger partial charge on any atom is -0.486 e. The number of anilines is 1. The molecule has 1 atom stereocenters. The summed E-state index contributed by atoms with van der Waals surface area (Å²) in [6.07, 6.45) is 3.16. The Morgan fingerprint density at radius 1 is 1.24 bits per heavy atom. The molecule has 0 aromatic heterocycles. The van der Waals surface area contributed by atoms with Gasteiger partial charge in [-0.2, -0.15) is 0 Å². The van der Waals surface area contributed by atoms with Crippen LogP contribution in [0.3, 0.4) is 0 Å². The quantitative estimate of drug-likeness (QED) is 0.926. The molecule has 116 valence electrons. The van der Waals surface area contributed by atoms with Crippen LogP contribution >= 0.6 is 0 Å².